The monoisotopic (exact) mass is 337 g/mol. The van der Waals surface area contributed by atoms with Gasteiger partial charge in [-0.3, -0.25) is 4.79 Å². The quantitative estimate of drug-likeness (QED) is 0.857. The van der Waals surface area contributed by atoms with Crippen molar-refractivity contribution in [2.45, 2.75) is 25.5 Å². The van der Waals surface area contributed by atoms with Crippen LogP contribution in [-0.2, 0) is 0 Å². The third kappa shape index (κ3) is 4.23. The number of aliphatic hydroxyl groups excluding tert-OH is 1. The Labute approximate surface area is 139 Å². The van der Waals surface area contributed by atoms with E-state index in [-0.39, 0.29) is 17.5 Å². The molecule has 0 aliphatic rings. The van der Waals surface area contributed by atoms with Crippen LogP contribution in [-0.4, -0.2) is 17.1 Å². The van der Waals surface area contributed by atoms with Crippen molar-refractivity contribution < 1.29 is 9.90 Å². The molecule has 0 radical (unpaired) electrons. The van der Waals surface area contributed by atoms with E-state index in [2.05, 4.69) is 5.32 Å². The normalized spacial score (nSPS) is 13.5. The molecule has 2 N–H and O–H groups in total. The summed E-state index contributed by atoms with van der Waals surface area (Å²) >= 11 is 12.0. The van der Waals surface area contributed by atoms with Crippen molar-refractivity contribution in [2.75, 3.05) is 0 Å². The molecule has 116 valence electrons. The number of amides is 1. The molecule has 0 aliphatic heterocycles. The van der Waals surface area contributed by atoms with Crippen LogP contribution in [0.4, 0.5) is 0 Å². The second kappa shape index (κ2) is 7.63. The number of hydrogen-bond donors (Lipinski definition) is 2. The first-order chi connectivity index (χ1) is 10.5. The number of halogens is 2. The Bertz CT molecular complexity index is 626. The Balaban J connectivity index is 2.00. The first-order valence-corrected chi connectivity index (χ1v) is 7.72. The highest BCUT2D eigenvalue weighted by Crippen LogP contribution is 2.24. The molecule has 3 nitrogen and oxygen atoms in total. The molecule has 2 atom stereocenters. The van der Waals surface area contributed by atoms with Gasteiger partial charge in [0.1, 0.15) is 0 Å². The van der Waals surface area contributed by atoms with E-state index >= 15 is 0 Å². The highest BCUT2D eigenvalue weighted by atomic mass is 35.5. The average molecular weight is 338 g/mol. The van der Waals surface area contributed by atoms with Gasteiger partial charge in [0.2, 0.25) is 0 Å². The summed E-state index contributed by atoms with van der Waals surface area (Å²) in [5.41, 5.74) is 1.08. The van der Waals surface area contributed by atoms with E-state index in [9.17, 15) is 9.90 Å². The standard InChI is InChI=1S/C17H17Cl2NO2/c1-11(10-15(21)12-6-3-2-4-7-12)20-17(22)16-13(18)8-5-9-14(16)19/h2-9,11,15,21H,10H2,1H3,(H,20,22)/t11-,15+/m1/s1. The third-order valence-electron chi connectivity index (χ3n) is 3.33. The van der Waals surface area contributed by atoms with Gasteiger partial charge in [0, 0.05) is 6.04 Å². The van der Waals surface area contributed by atoms with Crippen LogP contribution in [0.1, 0.15) is 35.4 Å². The lowest BCUT2D eigenvalue weighted by molar-refractivity contribution is 0.0917. The Morgan fingerprint density at radius 1 is 1.09 bits per heavy atom. The fourth-order valence-electron chi connectivity index (χ4n) is 2.22. The Hall–Kier alpha value is -1.55. The van der Waals surface area contributed by atoms with Gasteiger partial charge in [0.25, 0.3) is 5.91 Å². The van der Waals surface area contributed by atoms with Crippen LogP contribution < -0.4 is 5.32 Å². The average Bonchev–Trinajstić information content (AvgIpc) is 2.47. The van der Waals surface area contributed by atoms with Gasteiger partial charge < -0.3 is 10.4 Å². The van der Waals surface area contributed by atoms with Crippen molar-refractivity contribution in [1.29, 1.82) is 0 Å². The molecule has 0 saturated carbocycles. The Kier molecular flexibility index (Phi) is 5.83. The topological polar surface area (TPSA) is 49.3 Å². The maximum absolute atomic E-state index is 12.3. The maximum atomic E-state index is 12.3. The lowest BCUT2D eigenvalue weighted by atomic mass is 10.0. The minimum absolute atomic E-state index is 0.227. The van der Waals surface area contributed by atoms with Crippen molar-refractivity contribution in [1.82, 2.24) is 5.32 Å². The lowest BCUT2D eigenvalue weighted by Gasteiger charge is -2.19. The van der Waals surface area contributed by atoms with Gasteiger partial charge in [-0.05, 0) is 31.0 Å². The Morgan fingerprint density at radius 3 is 2.27 bits per heavy atom. The smallest absolute Gasteiger partial charge is 0.254 e. The molecule has 5 heteroatoms. The molecule has 0 spiro atoms. The van der Waals surface area contributed by atoms with Crippen molar-refractivity contribution >= 4 is 29.1 Å². The van der Waals surface area contributed by atoms with Crippen LogP contribution in [0.3, 0.4) is 0 Å². The summed E-state index contributed by atoms with van der Waals surface area (Å²) in [6.45, 7) is 1.83. The fourth-order valence-corrected chi connectivity index (χ4v) is 2.78. The second-order valence-corrected chi connectivity index (χ2v) is 5.95. The van der Waals surface area contributed by atoms with Gasteiger partial charge >= 0.3 is 0 Å². The van der Waals surface area contributed by atoms with Crippen LogP contribution in [0.25, 0.3) is 0 Å². The van der Waals surface area contributed by atoms with Crippen LogP contribution in [0.2, 0.25) is 10.0 Å². The van der Waals surface area contributed by atoms with Gasteiger partial charge in [-0.15, -0.1) is 0 Å². The van der Waals surface area contributed by atoms with Gasteiger partial charge in [0.05, 0.1) is 21.7 Å². The molecule has 0 heterocycles. The van der Waals surface area contributed by atoms with Crippen molar-refractivity contribution in [3.63, 3.8) is 0 Å². The predicted octanol–water partition coefficient (Wildman–Crippen LogP) is 4.24. The molecule has 0 bridgehead atoms. The molecule has 2 rings (SSSR count). The van der Waals surface area contributed by atoms with Crippen molar-refractivity contribution in [3.8, 4) is 0 Å². The lowest BCUT2D eigenvalue weighted by Crippen LogP contribution is -2.34. The summed E-state index contributed by atoms with van der Waals surface area (Å²) in [6.07, 6.45) is -0.240. The molecule has 0 aromatic heterocycles. The molecule has 1 amide bonds. The number of benzene rings is 2. The van der Waals surface area contributed by atoms with Crippen molar-refractivity contribution in [3.05, 3.63) is 69.7 Å². The highest BCUT2D eigenvalue weighted by molar-refractivity contribution is 6.39. The number of carbonyl (C=O) groups is 1. The van der Waals surface area contributed by atoms with Gasteiger partial charge in [0.15, 0.2) is 0 Å². The van der Waals surface area contributed by atoms with E-state index in [4.69, 9.17) is 23.2 Å². The summed E-state index contributed by atoms with van der Waals surface area (Å²) < 4.78 is 0. The molecule has 0 unspecified atom stereocenters. The van der Waals surface area contributed by atoms with E-state index in [1.54, 1.807) is 18.2 Å². The van der Waals surface area contributed by atoms with Crippen molar-refractivity contribution in [2.24, 2.45) is 0 Å². The summed E-state index contributed by atoms with van der Waals surface area (Å²) in [5.74, 6) is -0.344. The fraction of sp³-hybridized carbons (Fsp3) is 0.235. The summed E-state index contributed by atoms with van der Waals surface area (Å²) in [5, 5.41) is 13.6. The van der Waals surface area contributed by atoms with Gasteiger partial charge in [-0.2, -0.15) is 0 Å². The summed E-state index contributed by atoms with van der Waals surface area (Å²) in [7, 11) is 0. The molecule has 2 aromatic rings. The van der Waals surface area contributed by atoms with Gasteiger partial charge in [-0.25, -0.2) is 0 Å². The minimum Gasteiger partial charge on any atom is -0.388 e. The molecule has 0 aliphatic carbocycles. The number of rotatable bonds is 5. The molecule has 2 aromatic carbocycles. The Morgan fingerprint density at radius 2 is 1.68 bits per heavy atom. The van der Waals surface area contributed by atoms with Crippen LogP contribution in [0, 0.1) is 0 Å². The SMILES string of the molecule is C[C@H](C[C@H](O)c1ccccc1)NC(=O)c1c(Cl)cccc1Cl. The predicted molar refractivity (Wildman–Crippen MR) is 89.4 cm³/mol. The van der Waals surface area contributed by atoms with Crippen LogP contribution in [0.5, 0.6) is 0 Å². The van der Waals surface area contributed by atoms with E-state index in [0.717, 1.165) is 5.56 Å². The number of nitrogens with one attached hydrogen (secondary N) is 1. The highest BCUT2D eigenvalue weighted by Gasteiger charge is 2.18. The van der Waals surface area contributed by atoms with E-state index in [1.807, 2.05) is 37.3 Å². The van der Waals surface area contributed by atoms with E-state index in [1.165, 1.54) is 0 Å². The first kappa shape index (κ1) is 16.8. The third-order valence-corrected chi connectivity index (χ3v) is 3.96. The number of carbonyl (C=O) groups excluding carboxylic acids is 1. The summed E-state index contributed by atoms with van der Waals surface area (Å²) in [4.78, 5) is 12.3. The van der Waals surface area contributed by atoms with E-state index < -0.39 is 6.10 Å². The zero-order chi connectivity index (χ0) is 16.1. The summed E-state index contributed by atoms with van der Waals surface area (Å²) in [6, 6.07) is 14.0. The minimum atomic E-state index is -0.641. The van der Waals surface area contributed by atoms with Crippen LogP contribution in [0.15, 0.2) is 48.5 Å². The van der Waals surface area contributed by atoms with Crippen LogP contribution >= 0.6 is 23.2 Å². The molecular weight excluding hydrogens is 321 g/mol. The largest absolute Gasteiger partial charge is 0.388 e. The maximum Gasteiger partial charge on any atom is 0.254 e. The molecule has 0 saturated heterocycles. The molecule has 22 heavy (non-hydrogen) atoms. The van der Waals surface area contributed by atoms with Gasteiger partial charge in [-0.1, -0.05) is 59.6 Å². The molecular formula is C17H17Cl2NO2. The number of aliphatic hydroxyl groups is 1. The second-order valence-electron chi connectivity index (χ2n) is 5.13. The first-order valence-electron chi connectivity index (χ1n) is 6.97. The van der Waals surface area contributed by atoms with E-state index in [0.29, 0.717) is 16.5 Å². The zero-order valence-electron chi connectivity index (χ0n) is 12.1. The molecule has 0 fully saturated rings. The number of hydrogen-bond acceptors (Lipinski definition) is 2. The zero-order valence-corrected chi connectivity index (χ0v) is 13.6.